The normalized spacial score (nSPS) is 21.4. The highest BCUT2D eigenvalue weighted by Crippen LogP contribution is 2.27. The lowest BCUT2D eigenvalue weighted by Gasteiger charge is -2.13. The molecule has 0 saturated carbocycles. The lowest BCUT2D eigenvalue weighted by molar-refractivity contribution is -0.117. The molecule has 0 saturated heterocycles. The fraction of sp³-hybridized carbons (Fsp3) is 0.600. The number of nitrogens with zero attached hydrogens (tertiary/aromatic N) is 3. The van der Waals surface area contributed by atoms with E-state index in [1.807, 2.05) is 18.2 Å². The topological polar surface area (TPSA) is 91.8 Å². The zero-order valence-electron chi connectivity index (χ0n) is 15.6. The van der Waals surface area contributed by atoms with Gasteiger partial charge < -0.3 is 5.11 Å². The van der Waals surface area contributed by atoms with Gasteiger partial charge in [0.1, 0.15) is 0 Å². The Bertz CT molecular complexity index is 607. The SMILES string of the molecule is CCCCCC(O)C=CC1C=CC(=O)C1C/C=C\CCCc1nn[nH]n1. The van der Waals surface area contributed by atoms with Crippen molar-refractivity contribution >= 4 is 5.78 Å². The van der Waals surface area contributed by atoms with Crippen molar-refractivity contribution in [3.63, 3.8) is 0 Å². The summed E-state index contributed by atoms with van der Waals surface area (Å²) in [6, 6.07) is 0. The third-order valence-electron chi connectivity index (χ3n) is 4.69. The Labute approximate surface area is 155 Å². The maximum Gasteiger partial charge on any atom is 0.174 e. The number of carbonyl (C=O) groups excluding carboxylic acids is 1. The zero-order valence-corrected chi connectivity index (χ0v) is 15.6. The molecule has 2 N–H and O–H groups in total. The molecule has 6 nitrogen and oxygen atoms in total. The lowest BCUT2D eigenvalue weighted by Crippen LogP contribution is -2.14. The molecule has 1 heterocycles. The van der Waals surface area contributed by atoms with Gasteiger partial charge in [-0.3, -0.25) is 4.79 Å². The summed E-state index contributed by atoms with van der Waals surface area (Å²) in [6.45, 7) is 2.15. The van der Waals surface area contributed by atoms with E-state index >= 15 is 0 Å². The van der Waals surface area contributed by atoms with Gasteiger partial charge in [0.15, 0.2) is 11.6 Å². The van der Waals surface area contributed by atoms with Crippen LogP contribution in [-0.4, -0.2) is 37.6 Å². The summed E-state index contributed by atoms with van der Waals surface area (Å²) in [6.07, 6.45) is 18.8. The van der Waals surface area contributed by atoms with Gasteiger partial charge in [0.2, 0.25) is 0 Å². The molecular weight excluding hydrogens is 328 g/mol. The van der Waals surface area contributed by atoms with Gasteiger partial charge in [0.25, 0.3) is 0 Å². The Hall–Kier alpha value is -2.08. The van der Waals surface area contributed by atoms with Crippen LogP contribution in [0.5, 0.6) is 0 Å². The smallest absolute Gasteiger partial charge is 0.174 e. The van der Waals surface area contributed by atoms with Gasteiger partial charge >= 0.3 is 0 Å². The number of allylic oxidation sites excluding steroid dienone is 5. The molecule has 0 aliphatic heterocycles. The standard InChI is InChI=1S/C20H30N4O2/c1-2-3-6-9-17(25)14-12-16-13-15-19(26)18(16)10-7-4-5-8-11-20-21-23-24-22-20/h4,7,12-18,25H,2-3,5-6,8-11H2,1H3,(H,21,22,23,24)/b7-4-,14-12?. The molecule has 0 fully saturated rings. The highest BCUT2D eigenvalue weighted by atomic mass is 16.3. The first-order valence-corrected chi connectivity index (χ1v) is 9.66. The Morgan fingerprint density at radius 3 is 2.96 bits per heavy atom. The van der Waals surface area contributed by atoms with Crippen LogP contribution >= 0.6 is 0 Å². The van der Waals surface area contributed by atoms with Crippen molar-refractivity contribution in [1.29, 1.82) is 0 Å². The van der Waals surface area contributed by atoms with Crippen molar-refractivity contribution in [1.82, 2.24) is 20.6 Å². The minimum absolute atomic E-state index is 0.0393. The van der Waals surface area contributed by atoms with E-state index in [1.54, 1.807) is 6.08 Å². The van der Waals surface area contributed by atoms with Crippen LogP contribution in [0, 0.1) is 11.8 Å². The average molecular weight is 358 g/mol. The molecule has 3 unspecified atom stereocenters. The van der Waals surface area contributed by atoms with Crippen LogP contribution in [0.2, 0.25) is 0 Å². The highest BCUT2D eigenvalue weighted by molar-refractivity contribution is 5.95. The van der Waals surface area contributed by atoms with E-state index in [0.717, 1.165) is 57.2 Å². The largest absolute Gasteiger partial charge is 0.389 e. The molecule has 0 aromatic carbocycles. The number of aromatic amines is 1. The number of unbranched alkanes of at least 4 members (excludes halogenated alkanes) is 3. The molecule has 0 spiro atoms. The fourth-order valence-electron chi connectivity index (χ4n) is 3.11. The number of ketones is 1. The Morgan fingerprint density at radius 2 is 2.19 bits per heavy atom. The number of carbonyl (C=O) groups is 1. The number of aliphatic hydroxyl groups is 1. The Morgan fingerprint density at radius 1 is 1.31 bits per heavy atom. The van der Waals surface area contributed by atoms with Crippen LogP contribution in [0.4, 0.5) is 0 Å². The number of aryl methyl sites for hydroxylation is 1. The molecule has 0 radical (unpaired) electrons. The number of nitrogens with one attached hydrogen (secondary N) is 1. The summed E-state index contributed by atoms with van der Waals surface area (Å²) in [5.74, 6) is 0.961. The minimum Gasteiger partial charge on any atom is -0.389 e. The number of hydrogen-bond acceptors (Lipinski definition) is 5. The highest BCUT2D eigenvalue weighted by Gasteiger charge is 2.27. The third kappa shape index (κ3) is 7.04. The van der Waals surface area contributed by atoms with Crippen LogP contribution in [0.15, 0.2) is 36.5 Å². The van der Waals surface area contributed by atoms with Gasteiger partial charge in [-0.2, -0.15) is 5.21 Å². The van der Waals surface area contributed by atoms with E-state index in [9.17, 15) is 9.90 Å². The Balaban J connectivity index is 1.70. The van der Waals surface area contributed by atoms with E-state index in [-0.39, 0.29) is 17.6 Å². The summed E-state index contributed by atoms with van der Waals surface area (Å²) in [4.78, 5) is 12.1. The second-order valence-electron chi connectivity index (χ2n) is 6.82. The molecular formula is C20H30N4O2. The van der Waals surface area contributed by atoms with Gasteiger partial charge in [-0.05, 0) is 31.8 Å². The maximum absolute atomic E-state index is 12.1. The first-order valence-electron chi connectivity index (χ1n) is 9.66. The lowest BCUT2D eigenvalue weighted by atomic mass is 9.90. The van der Waals surface area contributed by atoms with Gasteiger partial charge in [-0.1, -0.05) is 61.8 Å². The molecule has 0 bridgehead atoms. The molecule has 1 aromatic rings. The maximum atomic E-state index is 12.1. The van der Waals surface area contributed by atoms with Crippen LogP contribution in [0.3, 0.4) is 0 Å². The van der Waals surface area contributed by atoms with Crippen molar-refractivity contribution in [2.75, 3.05) is 0 Å². The first-order chi connectivity index (χ1) is 12.7. The molecule has 3 atom stereocenters. The Kier molecular flexibility index (Phi) is 8.96. The third-order valence-corrected chi connectivity index (χ3v) is 4.69. The fourth-order valence-corrected chi connectivity index (χ4v) is 3.11. The van der Waals surface area contributed by atoms with Crippen molar-refractivity contribution in [3.8, 4) is 0 Å². The van der Waals surface area contributed by atoms with Crippen LogP contribution in [0.25, 0.3) is 0 Å². The van der Waals surface area contributed by atoms with E-state index in [1.165, 1.54) is 0 Å². The van der Waals surface area contributed by atoms with Gasteiger partial charge in [-0.25, -0.2) is 0 Å². The van der Waals surface area contributed by atoms with E-state index < -0.39 is 6.10 Å². The predicted molar refractivity (Wildman–Crippen MR) is 101 cm³/mol. The van der Waals surface area contributed by atoms with Crippen molar-refractivity contribution < 1.29 is 9.90 Å². The quantitative estimate of drug-likeness (QED) is 0.442. The number of H-pyrrole nitrogens is 1. The van der Waals surface area contributed by atoms with Crippen molar-refractivity contribution in [2.45, 2.75) is 64.4 Å². The van der Waals surface area contributed by atoms with Crippen LogP contribution in [0.1, 0.15) is 57.7 Å². The van der Waals surface area contributed by atoms with Gasteiger partial charge in [0.05, 0.1) is 6.10 Å². The zero-order chi connectivity index (χ0) is 18.6. The second-order valence-corrected chi connectivity index (χ2v) is 6.82. The molecule has 2 rings (SSSR count). The predicted octanol–water partition coefficient (Wildman–Crippen LogP) is 3.34. The van der Waals surface area contributed by atoms with Gasteiger partial charge in [0, 0.05) is 18.3 Å². The second kappa shape index (κ2) is 11.5. The summed E-state index contributed by atoms with van der Waals surface area (Å²) < 4.78 is 0. The average Bonchev–Trinajstić information content (AvgIpc) is 3.27. The number of hydrogen-bond donors (Lipinski definition) is 2. The molecule has 1 aliphatic rings. The molecule has 1 aromatic heterocycles. The summed E-state index contributed by atoms with van der Waals surface area (Å²) >= 11 is 0. The number of tetrazole rings is 1. The molecule has 6 heteroatoms. The summed E-state index contributed by atoms with van der Waals surface area (Å²) in [7, 11) is 0. The first kappa shape index (κ1) is 20.2. The van der Waals surface area contributed by atoms with Crippen LogP contribution in [-0.2, 0) is 11.2 Å². The minimum atomic E-state index is -0.410. The van der Waals surface area contributed by atoms with E-state index in [0.29, 0.717) is 0 Å². The number of aromatic nitrogens is 4. The summed E-state index contributed by atoms with van der Waals surface area (Å²) in [5, 5.41) is 23.8. The van der Waals surface area contributed by atoms with Gasteiger partial charge in [-0.15, -0.1) is 10.2 Å². The monoisotopic (exact) mass is 358 g/mol. The molecule has 1 aliphatic carbocycles. The van der Waals surface area contributed by atoms with E-state index in [4.69, 9.17) is 0 Å². The molecule has 0 amide bonds. The molecule has 142 valence electrons. The molecule has 26 heavy (non-hydrogen) atoms. The van der Waals surface area contributed by atoms with Crippen molar-refractivity contribution in [2.24, 2.45) is 11.8 Å². The number of rotatable bonds is 12. The summed E-state index contributed by atoms with van der Waals surface area (Å²) in [5.41, 5.74) is 0. The van der Waals surface area contributed by atoms with Crippen molar-refractivity contribution in [3.05, 3.63) is 42.3 Å². The van der Waals surface area contributed by atoms with E-state index in [2.05, 4.69) is 39.7 Å². The van der Waals surface area contributed by atoms with Crippen LogP contribution < -0.4 is 0 Å². The number of aliphatic hydroxyl groups excluding tert-OH is 1.